The Kier molecular flexibility index (Phi) is 7.60. The summed E-state index contributed by atoms with van der Waals surface area (Å²) in [5.74, 6) is 2.00. The molecule has 2 N–H and O–H groups in total. The van der Waals surface area contributed by atoms with Gasteiger partial charge in [-0.25, -0.2) is 4.98 Å². The molecule has 3 aromatic heterocycles. The van der Waals surface area contributed by atoms with Crippen molar-refractivity contribution in [2.45, 2.75) is 30.9 Å². The van der Waals surface area contributed by atoms with E-state index in [0.717, 1.165) is 49.0 Å². The van der Waals surface area contributed by atoms with E-state index in [1.807, 2.05) is 42.6 Å². The minimum atomic E-state index is -1.13. The number of ether oxygens (including phenoxy) is 2. The van der Waals surface area contributed by atoms with Gasteiger partial charge in [-0.1, -0.05) is 42.9 Å². The van der Waals surface area contributed by atoms with Crippen molar-refractivity contribution in [1.82, 2.24) is 4.98 Å². The maximum absolute atomic E-state index is 12.9. The molecule has 1 atom stereocenters. The molecule has 4 rings (SSSR count). The Bertz CT molecular complexity index is 1250. The van der Waals surface area contributed by atoms with Gasteiger partial charge in [-0.15, -0.1) is 11.3 Å². The highest BCUT2D eigenvalue weighted by Crippen LogP contribution is 2.44. The Morgan fingerprint density at radius 2 is 2.03 bits per heavy atom. The van der Waals surface area contributed by atoms with E-state index in [4.69, 9.17) is 20.2 Å². The molecule has 0 bridgehead atoms. The number of anilines is 1. The van der Waals surface area contributed by atoms with Gasteiger partial charge in [0.1, 0.15) is 34.0 Å². The smallest absolute Gasteiger partial charge is 0.232 e. The number of thiophene rings is 2. The minimum absolute atomic E-state index is 0.573. The summed E-state index contributed by atoms with van der Waals surface area (Å²) < 4.78 is 24.4. The Balaban J connectivity index is 1.80. The molecule has 0 spiro atoms. The zero-order valence-corrected chi connectivity index (χ0v) is 21.2. The summed E-state index contributed by atoms with van der Waals surface area (Å²) in [6, 6.07) is 14.0. The van der Waals surface area contributed by atoms with Crippen LogP contribution < -0.4 is 10.5 Å². The van der Waals surface area contributed by atoms with Gasteiger partial charge in [-0.3, -0.25) is 0 Å². The summed E-state index contributed by atoms with van der Waals surface area (Å²) in [5, 5.41) is 2.90. The number of pyridine rings is 1. The molecular weight excluding hydrogens is 472 g/mol. The van der Waals surface area contributed by atoms with Crippen LogP contribution in [0.5, 0.6) is 5.75 Å². The van der Waals surface area contributed by atoms with Crippen molar-refractivity contribution in [2.24, 2.45) is 0 Å². The highest BCUT2D eigenvalue weighted by atomic mass is 32.2. The monoisotopic (exact) mass is 498 g/mol. The lowest BCUT2D eigenvalue weighted by molar-refractivity contribution is 0.276. The molecule has 1 aromatic carbocycles. The fourth-order valence-electron chi connectivity index (χ4n) is 3.33. The lowest BCUT2D eigenvalue weighted by atomic mass is 10.0. The summed E-state index contributed by atoms with van der Waals surface area (Å²) >= 11 is 1.96. The second-order valence-corrected chi connectivity index (χ2v) is 11.2. The zero-order valence-electron chi connectivity index (χ0n) is 18.8. The first-order valence-corrected chi connectivity index (χ1v) is 13.7. The van der Waals surface area contributed by atoms with Gasteiger partial charge in [0.15, 0.2) is 0 Å². The Labute approximate surface area is 205 Å². The number of nitrogens with zero attached hydrogens (tertiary/aromatic N) is 1. The highest BCUT2D eigenvalue weighted by molar-refractivity contribution is 7.93. The van der Waals surface area contributed by atoms with Crippen molar-refractivity contribution < 1.29 is 14.0 Å². The summed E-state index contributed by atoms with van der Waals surface area (Å²) in [5.41, 5.74) is 10.0. The zero-order chi connectivity index (χ0) is 23.4. The Morgan fingerprint density at radius 3 is 2.70 bits per heavy atom. The average Bonchev–Trinajstić information content (AvgIpc) is 3.49. The fraction of sp³-hybridized carbons (Fsp3) is 0.240. The molecule has 3 heterocycles. The number of hydrogen-bond donors (Lipinski definition) is 1. The van der Waals surface area contributed by atoms with E-state index in [0.29, 0.717) is 22.9 Å². The molecule has 0 saturated carbocycles. The van der Waals surface area contributed by atoms with Crippen molar-refractivity contribution >= 4 is 49.8 Å². The predicted molar refractivity (Wildman–Crippen MR) is 140 cm³/mol. The maximum atomic E-state index is 12.9. The van der Waals surface area contributed by atoms with Crippen molar-refractivity contribution in [1.29, 1.82) is 0 Å². The molecule has 5 nitrogen and oxygen atoms in total. The molecule has 0 radical (unpaired) electrons. The van der Waals surface area contributed by atoms with Gasteiger partial charge in [0.2, 0.25) is 4.21 Å². The molecule has 4 aromatic rings. The summed E-state index contributed by atoms with van der Waals surface area (Å²) in [6.45, 7) is 3.92. The van der Waals surface area contributed by atoms with Crippen LogP contribution in [0, 0.1) is 0 Å². The highest BCUT2D eigenvalue weighted by Gasteiger charge is 2.24. The first-order chi connectivity index (χ1) is 16.0. The van der Waals surface area contributed by atoms with E-state index in [1.165, 1.54) is 11.3 Å². The maximum Gasteiger partial charge on any atom is 0.232 e. The number of fused-ring (bicyclic) bond motifs is 1. The van der Waals surface area contributed by atoms with E-state index in [2.05, 4.69) is 19.1 Å². The average molecular weight is 499 g/mol. The molecule has 0 amide bonds. The van der Waals surface area contributed by atoms with Crippen LogP contribution in [0.15, 0.2) is 64.1 Å². The van der Waals surface area contributed by atoms with Crippen molar-refractivity contribution in [3.63, 3.8) is 0 Å². The number of unbranched alkanes of at least 4 members (excludes halogenated alkanes) is 1. The van der Waals surface area contributed by atoms with Gasteiger partial charge in [0.25, 0.3) is 0 Å². The van der Waals surface area contributed by atoms with Crippen LogP contribution in [0.4, 0.5) is 5.69 Å². The van der Waals surface area contributed by atoms with Crippen LogP contribution in [0.3, 0.4) is 0 Å². The van der Waals surface area contributed by atoms with Gasteiger partial charge in [-0.2, -0.15) is 0 Å². The minimum Gasteiger partial charge on any atom is -0.611 e. The molecule has 0 aliphatic carbocycles. The van der Waals surface area contributed by atoms with Gasteiger partial charge in [0, 0.05) is 5.39 Å². The molecular formula is C25H26N2O3S3. The first kappa shape index (κ1) is 23.6. The van der Waals surface area contributed by atoms with Crippen LogP contribution in [-0.2, 0) is 15.9 Å². The molecule has 172 valence electrons. The van der Waals surface area contributed by atoms with Crippen molar-refractivity contribution in [3.8, 4) is 27.4 Å². The second-order valence-electron chi connectivity index (χ2n) is 7.49. The molecule has 1 unspecified atom stereocenters. The van der Waals surface area contributed by atoms with E-state index in [1.54, 1.807) is 24.7 Å². The second kappa shape index (κ2) is 10.6. The number of methoxy groups -OCH3 is 1. The first-order valence-electron chi connectivity index (χ1n) is 10.6. The van der Waals surface area contributed by atoms with Gasteiger partial charge in [0.05, 0.1) is 17.7 Å². The third kappa shape index (κ3) is 5.19. The van der Waals surface area contributed by atoms with Crippen LogP contribution in [0.1, 0.15) is 26.7 Å². The van der Waals surface area contributed by atoms with Crippen LogP contribution >= 0.6 is 22.7 Å². The number of hydrogen-bond acceptors (Lipinski definition) is 7. The molecule has 33 heavy (non-hydrogen) atoms. The molecule has 0 saturated heterocycles. The number of nitrogens with two attached hydrogens (primary N) is 1. The van der Waals surface area contributed by atoms with E-state index in [9.17, 15) is 4.55 Å². The fourth-order valence-corrected chi connectivity index (χ4v) is 6.81. The molecule has 0 aliphatic rings. The van der Waals surface area contributed by atoms with Crippen molar-refractivity contribution in [2.75, 3.05) is 18.6 Å². The number of aromatic nitrogens is 1. The molecule has 0 fully saturated rings. The summed E-state index contributed by atoms with van der Waals surface area (Å²) in [4.78, 5) is 6.79. The third-order valence-corrected chi connectivity index (χ3v) is 9.06. The quantitative estimate of drug-likeness (QED) is 0.197. The van der Waals surface area contributed by atoms with Gasteiger partial charge >= 0.3 is 0 Å². The largest absolute Gasteiger partial charge is 0.611 e. The third-order valence-electron chi connectivity index (χ3n) is 5.18. The summed E-state index contributed by atoms with van der Waals surface area (Å²) in [6.07, 6.45) is 3.47. The van der Waals surface area contributed by atoms with Crippen LogP contribution in [0.2, 0.25) is 0 Å². The Morgan fingerprint density at radius 1 is 1.24 bits per heavy atom. The predicted octanol–water partition coefficient (Wildman–Crippen LogP) is 7.07. The normalized spacial score (nSPS) is 12.8. The van der Waals surface area contributed by atoms with Gasteiger partial charge in [-0.05, 0) is 65.3 Å². The number of benzene rings is 1. The molecule has 8 heteroatoms. The topological polar surface area (TPSA) is 80.4 Å². The Hall–Kier alpha value is -2.52. The SMILES string of the molecule is CCCC[S+]([O-])c1sc2nc(-c3cccs3)cc(-c3ccc(O/C=C(/C)OC)cc3)c2c1N. The number of allylic oxidation sites excluding steroid dienone is 1. The van der Waals surface area contributed by atoms with E-state index >= 15 is 0 Å². The van der Waals surface area contributed by atoms with Crippen molar-refractivity contribution in [3.05, 3.63) is 59.9 Å². The van der Waals surface area contributed by atoms with Gasteiger partial charge < -0.3 is 19.8 Å². The van der Waals surface area contributed by atoms with Crippen LogP contribution in [-0.4, -0.2) is 22.4 Å². The standard InChI is InChI=1S/C25H26N2O3S3/c1-4-5-13-33(28)25-23(26)22-19(14-20(27-24(22)32-25)21-7-6-12-31-21)17-8-10-18(11-9-17)30-15-16(2)29-3/h6-12,14-15H,4-5,13,26H2,1-3H3/b16-15-. The number of nitrogen functional groups attached to an aromatic ring is 1. The lowest BCUT2D eigenvalue weighted by Crippen LogP contribution is -2.06. The van der Waals surface area contributed by atoms with E-state index in [-0.39, 0.29) is 0 Å². The lowest BCUT2D eigenvalue weighted by Gasteiger charge is -2.10. The van der Waals surface area contributed by atoms with E-state index < -0.39 is 11.2 Å². The summed E-state index contributed by atoms with van der Waals surface area (Å²) in [7, 11) is 1.60. The molecule has 0 aliphatic heterocycles. The van der Waals surface area contributed by atoms with Crippen LogP contribution in [0.25, 0.3) is 31.9 Å². The number of rotatable bonds is 9.